The smallest absolute Gasteiger partial charge is 0.0463 e. The van der Waals surface area contributed by atoms with Crippen molar-refractivity contribution >= 4 is 101 Å². The number of hydrogen-bond acceptors (Lipinski definition) is 2. The van der Waals surface area contributed by atoms with E-state index in [1.165, 1.54) is 98.7 Å². The molecule has 0 aliphatic carbocycles. The monoisotopic (exact) mass is 1170 g/mol. The van der Waals surface area contributed by atoms with E-state index in [-0.39, 0.29) is 0 Å². The quantitative estimate of drug-likeness (QED) is 0.0703. The number of rotatable bonds is 16. The molecule has 0 bridgehead atoms. The van der Waals surface area contributed by atoms with E-state index in [1.807, 2.05) is 0 Å². The summed E-state index contributed by atoms with van der Waals surface area (Å²) >= 11 is 0. The Morgan fingerprint density at radius 3 is 0.663 bits per heavy atom. The molecule has 0 spiro atoms. The van der Waals surface area contributed by atoms with Gasteiger partial charge in [-0.2, -0.15) is 0 Å². The molecule has 0 aromatic heterocycles. The fraction of sp³-hybridized carbons (Fsp3) is 0. The van der Waals surface area contributed by atoms with E-state index in [0.29, 0.717) is 0 Å². The SMILES string of the molecule is C(=Cc1c2ccccc2c(-c2ccc(N(c3ccc(-c4c5ccccc5c(C=CC=C(c5ccccc5)c5ccccc5)c5ccccc45)cc3)c3ccc(N(c4ccccc4)c4ccccc4)cc3)cc2)c2ccccc12)C=C(c1ccccc1)c1ccccc1. The Bertz CT molecular complexity index is 4690. The van der Waals surface area contributed by atoms with E-state index in [1.54, 1.807) is 0 Å². The Morgan fingerprint density at radius 1 is 0.196 bits per heavy atom. The van der Waals surface area contributed by atoms with Crippen molar-refractivity contribution in [1.82, 2.24) is 0 Å². The summed E-state index contributed by atoms with van der Waals surface area (Å²) in [6.45, 7) is 0. The molecular weight excluding hydrogens is 1110 g/mol. The van der Waals surface area contributed by atoms with Crippen molar-refractivity contribution < 1.29 is 0 Å². The maximum absolute atomic E-state index is 2.39. The summed E-state index contributed by atoms with van der Waals surface area (Å²) in [5.41, 5.74) is 20.6. The largest absolute Gasteiger partial charge is 0.311 e. The Kier molecular flexibility index (Phi) is 15.9. The summed E-state index contributed by atoms with van der Waals surface area (Å²) in [6.07, 6.45) is 13.5. The van der Waals surface area contributed by atoms with Gasteiger partial charge in [0.15, 0.2) is 0 Å². The van der Waals surface area contributed by atoms with Gasteiger partial charge in [0.05, 0.1) is 0 Å². The van der Waals surface area contributed by atoms with E-state index >= 15 is 0 Å². The first-order valence-corrected chi connectivity index (χ1v) is 31.6. The molecule has 0 aliphatic rings. The lowest BCUT2D eigenvalue weighted by Gasteiger charge is -2.28. The van der Waals surface area contributed by atoms with Crippen LogP contribution in [0.1, 0.15) is 33.4 Å². The summed E-state index contributed by atoms with van der Waals surface area (Å²) < 4.78 is 0. The minimum Gasteiger partial charge on any atom is -0.311 e. The molecule has 2 heteroatoms. The Balaban J connectivity index is 0.829. The topological polar surface area (TPSA) is 6.48 Å². The van der Waals surface area contributed by atoms with Crippen LogP contribution in [0.25, 0.3) is 88.6 Å². The molecule has 0 saturated heterocycles. The summed E-state index contributed by atoms with van der Waals surface area (Å²) in [5, 5.41) is 9.66. The molecule has 92 heavy (non-hydrogen) atoms. The summed E-state index contributed by atoms with van der Waals surface area (Å²) in [6, 6.07) is 127. The lowest BCUT2D eigenvalue weighted by atomic mass is 9.88. The van der Waals surface area contributed by atoms with Crippen molar-refractivity contribution in [3.05, 3.63) is 410 Å². The van der Waals surface area contributed by atoms with E-state index < -0.39 is 0 Å². The van der Waals surface area contributed by atoms with Crippen LogP contribution in [0.5, 0.6) is 0 Å². The molecule has 2 nitrogen and oxygen atoms in total. The average molecular weight is 1170 g/mol. The van der Waals surface area contributed by atoms with Crippen molar-refractivity contribution in [2.75, 3.05) is 9.80 Å². The van der Waals surface area contributed by atoms with Crippen molar-refractivity contribution in [2.45, 2.75) is 0 Å². The highest BCUT2D eigenvalue weighted by atomic mass is 15.2. The number of hydrogen-bond donors (Lipinski definition) is 0. The molecule has 0 unspecified atom stereocenters. The minimum absolute atomic E-state index is 1.04. The first-order chi connectivity index (χ1) is 45.7. The fourth-order valence-corrected chi connectivity index (χ4v) is 13.3. The number of nitrogens with zero attached hydrogens (tertiary/aromatic N) is 2. The standard InChI is InChI=1S/C90H64N2/c1-7-29-65(30-8-1)77(66-31-9-2-10-32-66)49-27-51-79-81-41-19-23-45-85(81)89(86-46-24-20-42-82(79)86)69-53-57-73(58-54-69)92(76-63-61-75(62-64-76)91(71-37-15-5-16-38-71)72-39-17-6-18-40-72)74-59-55-70(56-60-74)90-87-47-25-21-43-83(87)80(84-44-22-26-48-88(84)90)52-28-50-78(67-33-11-3-12-34-67)68-35-13-4-14-36-68/h1-64H. The number of anilines is 6. The van der Waals surface area contributed by atoms with Crippen molar-refractivity contribution in [3.63, 3.8) is 0 Å². The highest BCUT2D eigenvalue weighted by Crippen LogP contribution is 2.46. The van der Waals surface area contributed by atoms with Gasteiger partial charge >= 0.3 is 0 Å². The molecule has 15 rings (SSSR count). The van der Waals surface area contributed by atoms with Gasteiger partial charge in [0.25, 0.3) is 0 Å². The molecule has 0 radical (unpaired) electrons. The average Bonchev–Trinajstić information content (AvgIpc) is 0.772. The molecule has 0 heterocycles. The third-order valence-electron chi connectivity index (χ3n) is 17.6. The zero-order valence-corrected chi connectivity index (χ0v) is 50.8. The molecule has 0 N–H and O–H groups in total. The maximum Gasteiger partial charge on any atom is 0.0463 e. The molecule has 434 valence electrons. The fourth-order valence-electron chi connectivity index (χ4n) is 13.3. The second-order valence-electron chi connectivity index (χ2n) is 23.1. The Morgan fingerprint density at radius 2 is 0.402 bits per heavy atom. The Labute approximate surface area is 538 Å². The van der Waals surface area contributed by atoms with Crippen LogP contribution in [0.4, 0.5) is 34.1 Å². The summed E-state index contributed by atoms with van der Waals surface area (Å²) in [7, 11) is 0. The van der Waals surface area contributed by atoms with Gasteiger partial charge in [0.2, 0.25) is 0 Å². The van der Waals surface area contributed by atoms with Crippen LogP contribution in [-0.4, -0.2) is 0 Å². The zero-order chi connectivity index (χ0) is 61.4. The molecule has 15 aromatic carbocycles. The third kappa shape index (κ3) is 11.3. The highest BCUT2D eigenvalue weighted by Gasteiger charge is 2.21. The molecular formula is C90H64N2. The van der Waals surface area contributed by atoms with Crippen molar-refractivity contribution in [1.29, 1.82) is 0 Å². The van der Waals surface area contributed by atoms with Gasteiger partial charge in [-0.25, -0.2) is 0 Å². The van der Waals surface area contributed by atoms with E-state index in [0.717, 1.165) is 45.3 Å². The highest BCUT2D eigenvalue weighted by molar-refractivity contribution is 6.19. The first kappa shape index (κ1) is 56.4. The van der Waals surface area contributed by atoms with Gasteiger partial charge in [-0.05, 0) is 183 Å². The number of allylic oxidation sites excluding steroid dienone is 4. The van der Waals surface area contributed by atoms with Crippen LogP contribution in [0, 0.1) is 0 Å². The number of para-hydroxylation sites is 2. The van der Waals surface area contributed by atoms with Gasteiger partial charge in [-0.1, -0.05) is 316 Å². The third-order valence-corrected chi connectivity index (χ3v) is 17.6. The minimum atomic E-state index is 1.04. The van der Waals surface area contributed by atoms with Crippen LogP contribution in [0.15, 0.2) is 376 Å². The second-order valence-corrected chi connectivity index (χ2v) is 23.1. The predicted octanol–water partition coefficient (Wildman–Crippen LogP) is 24.9. The van der Waals surface area contributed by atoms with Crippen LogP contribution in [0.2, 0.25) is 0 Å². The van der Waals surface area contributed by atoms with E-state index in [4.69, 9.17) is 0 Å². The number of benzene rings is 15. The number of fused-ring (bicyclic) bond motifs is 4. The molecule has 0 saturated carbocycles. The predicted molar refractivity (Wildman–Crippen MR) is 395 cm³/mol. The van der Waals surface area contributed by atoms with Crippen LogP contribution < -0.4 is 9.80 Å². The lowest BCUT2D eigenvalue weighted by molar-refractivity contribution is 1.26. The first-order valence-electron chi connectivity index (χ1n) is 31.6. The lowest BCUT2D eigenvalue weighted by Crippen LogP contribution is -2.12. The van der Waals surface area contributed by atoms with Gasteiger partial charge in [-0.15, -0.1) is 0 Å². The molecule has 15 aromatic rings. The summed E-state index contributed by atoms with van der Waals surface area (Å²) in [4.78, 5) is 4.70. The molecule has 0 aliphatic heterocycles. The summed E-state index contributed by atoms with van der Waals surface area (Å²) in [5.74, 6) is 0. The molecule has 0 atom stereocenters. The van der Waals surface area contributed by atoms with Crippen molar-refractivity contribution in [3.8, 4) is 22.3 Å². The second kappa shape index (κ2) is 25.9. The van der Waals surface area contributed by atoms with E-state index in [2.05, 4.69) is 398 Å². The van der Waals surface area contributed by atoms with Gasteiger partial charge in [0, 0.05) is 34.1 Å². The van der Waals surface area contributed by atoms with Gasteiger partial charge in [0.1, 0.15) is 0 Å². The molecule has 0 fully saturated rings. The molecule has 0 amide bonds. The van der Waals surface area contributed by atoms with Crippen LogP contribution >= 0.6 is 0 Å². The van der Waals surface area contributed by atoms with Crippen molar-refractivity contribution in [2.24, 2.45) is 0 Å². The van der Waals surface area contributed by atoms with Crippen LogP contribution in [0.3, 0.4) is 0 Å². The zero-order valence-electron chi connectivity index (χ0n) is 50.8. The van der Waals surface area contributed by atoms with Gasteiger partial charge in [-0.3, -0.25) is 0 Å². The maximum atomic E-state index is 2.39. The van der Waals surface area contributed by atoms with Gasteiger partial charge < -0.3 is 9.80 Å². The normalized spacial score (nSPS) is 11.4. The van der Waals surface area contributed by atoms with Crippen LogP contribution in [-0.2, 0) is 0 Å². The van der Waals surface area contributed by atoms with E-state index in [9.17, 15) is 0 Å². The Hall–Kier alpha value is -12.1.